The molecule has 1 aromatic rings. The minimum Gasteiger partial charge on any atom is -0.244 e. The van der Waals surface area contributed by atoms with Crippen molar-refractivity contribution < 1.29 is 8.42 Å². The average Bonchev–Trinajstić information content (AvgIpc) is 1.92. The van der Waals surface area contributed by atoms with E-state index in [1.807, 2.05) is 0 Å². The molecule has 0 bridgehead atoms. The molecule has 0 unspecified atom stereocenters. The summed E-state index contributed by atoms with van der Waals surface area (Å²) in [4.78, 5) is 3.70. The molecule has 0 N–H and O–H groups in total. The van der Waals surface area contributed by atoms with Crippen LogP contribution in [0.4, 0.5) is 0 Å². The van der Waals surface area contributed by atoms with Gasteiger partial charge in [0.2, 0.25) is 0 Å². The van der Waals surface area contributed by atoms with Gasteiger partial charge in [0.05, 0.1) is 4.90 Å². The van der Waals surface area contributed by atoms with Crippen LogP contribution in [-0.4, -0.2) is 13.4 Å². The highest BCUT2D eigenvalue weighted by Crippen LogP contribution is 2.20. The second kappa shape index (κ2) is 3.20. The third-order valence-electron chi connectivity index (χ3n) is 1.28. The molecule has 6 heteroatoms. The zero-order chi connectivity index (χ0) is 9.35. The summed E-state index contributed by atoms with van der Waals surface area (Å²) in [6.07, 6.45) is 1.36. The lowest BCUT2D eigenvalue weighted by atomic mass is 10.3. The van der Waals surface area contributed by atoms with E-state index in [1.54, 1.807) is 6.92 Å². The Labute approximate surface area is 79.8 Å². The minimum atomic E-state index is -3.71. The van der Waals surface area contributed by atoms with Crippen LogP contribution >= 0.6 is 22.3 Å². The Balaban J connectivity index is 3.43. The summed E-state index contributed by atoms with van der Waals surface area (Å²) >= 11 is 5.49. The van der Waals surface area contributed by atoms with Crippen molar-refractivity contribution in [2.24, 2.45) is 0 Å². The molecule has 12 heavy (non-hydrogen) atoms. The number of pyridine rings is 1. The van der Waals surface area contributed by atoms with Crippen molar-refractivity contribution in [2.75, 3.05) is 0 Å². The van der Waals surface area contributed by atoms with Gasteiger partial charge in [0, 0.05) is 16.9 Å². The van der Waals surface area contributed by atoms with Crippen LogP contribution in [0.25, 0.3) is 0 Å². The number of hydrogen-bond acceptors (Lipinski definition) is 3. The quantitative estimate of drug-likeness (QED) is 0.543. The van der Waals surface area contributed by atoms with E-state index in [1.165, 1.54) is 12.3 Å². The molecule has 0 atom stereocenters. The molecule has 0 aliphatic heterocycles. The molecule has 1 heterocycles. The predicted molar refractivity (Wildman–Crippen MR) is 47.0 cm³/mol. The topological polar surface area (TPSA) is 47.0 Å². The van der Waals surface area contributed by atoms with Crippen LogP contribution in [-0.2, 0) is 9.05 Å². The van der Waals surface area contributed by atoms with Gasteiger partial charge in [0.25, 0.3) is 9.05 Å². The van der Waals surface area contributed by atoms with Gasteiger partial charge in [-0.05, 0) is 18.6 Å². The van der Waals surface area contributed by atoms with E-state index in [0.717, 1.165) is 0 Å². The van der Waals surface area contributed by atoms with Crippen LogP contribution in [0.15, 0.2) is 17.2 Å². The molecule has 3 nitrogen and oxygen atoms in total. The van der Waals surface area contributed by atoms with Crippen molar-refractivity contribution in [3.05, 3.63) is 23.0 Å². The van der Waals surface area contributed by atoms with E-state index in [9.17, 15) is 8.42 Å². The first kappa shape index (κ1) is 9.77. The molecule has 0 saturated heterocycles. The number of halogens is 2. The lowest BCUT2D eigenvalue weighted by Crippen LogP contribution is -1.95. The fourth-order valence-electron chi connectivity index (χ4n) is 0.744. The zero-order valence-corrected chi connectivity index (χ0v) is 8.41. The van der Waals surface area contributed by atoms with E-state index in [0.29, 0.717) is 5.56 Å². The Morgan fingerprint density at radius 2 is 2.08 bits per heavy atom. The Hall–Kier alpha value is -0.320. The van der Waals surface area contributed by atoms with Gasteiger partial charge in [0.1, 0.15) is 5.15 Å². The van der Waals surface area contributed by atoms with Crippen LogP contribution in [0.5, 0.6) is 0 Å². The van der Waals surface area contributed by atoms with Gasteiger partial charge in [-0.15, -0.1) is 0 Å². The normalized spacial score (nSPS) is 11.6. The fourth-order valence-corrected chi connectivity index (χ4v) is 2.16. The van der Waals surface area contributed by atoms with Gasteiger partial charge in [-0.3, -0.25) is 0 Å². The summed E-state index contributed by atoms with van der Waals surface area (Å²) in [6.45, 7) is 1.60. The molecule has 0 saturated carbocycles. The maximum absolute atomic E-state index is 10.9. The van der Waals surface area contributed by atoms with E-state index < -0.39 is 9.05 Å². The molecule has 0 radical (unpaired) electrons. The van der Waals surface area contributed by atoms with E-state index in [-0.39, 0.29) is 10.0 Å². The molecule has 0 aliphatic rings. The summed E-state index contributed by atoms with van der Waals surface area (Å²) in [5.41, 5.74) is 0.481. The van der Waals surface area contributed by atoms with Crippen molar-refractivity contribution >= 4 is 31.3 Å². The summed E-state index contributed by atoms with van der Waals surface area (Å²) in [7, 11) is 1.41. The lowest BCUT2D eigenvalue weighted by molar-refractivity contribution is 0.609. The molecular weight excluding hydrogens is 221 g/mol. The molecule has 66 valence electrons. The van der Waals surface area contributed by atoms with Crippen molar-refractivity contribution in [1.82, 2.24) is 4.98 Å². The fraction of sp³-hybridized carbons (Fsp3) is 0.167. The first-order valence-electron chi connectivity index (χ1n) is 2.98. The maximum atomic E-state index is 10.9. The van der Waals surface area contributed by atoms with Crippen molar-refractivity contribution in [2.45, 2.75) is 11.8 Å². The molecule has 0 spiro atoms. The smallest absolute Gasteiger partial charge is 0.244 e. The molecular formula is C6H5Cl2NO2S. The van der Waals surface area contributed by atoms with Crippen LogP contribution in [0.3, 0.4) is 0 Å². The first-order chi connectivity index (χ1) is 5.41. The molecule has 0 aromatic carbocycles. The van der Waals surface area contributed by atoms with Crippen molar-refractivity contribution in [1.29, 1.82) is 0 Å². The summed E-state index contributed by atoms with van der Waals surface area (Å²) in [6, 6.07) is 1.22. The Morgan fingerprint density at radius 3 is 2.50 bits per heavy atom. The SMILES string of the molecule is Cc1cnc(Cl)cc1S(=O)(=O)Cl. The third-order valence-corrected chi connectivity index (χ3v) is 2.95. The summed E-state index contributed by atoms with van der Waals surface area (Å²) < 4.78 is 21.8. The Bertz CT molecular complexity index is 402. The van der Waals surface area contributed by atoms with Crippen molar-refractivity contribution in [3.8, 4) is 0 Å². The van der Waals surface area contributed by atoms with Crippen LogP contribution in [0.1, 0.15) is 5.56 Å². The Morgan fingerprint density at radius 1 is 1.50 bits per heavy atom. The first-order valence-corrected chi connectivity index (χ1v) is 5.67. The van der Waals surface area contributed by atoms with Gasteiger partial charge >= 0.3 is 0 Å². The highest BCUT2D eigenvalue weighted by Gasteiger charge is 2.13. The van der Waals surface area contributed by atoms with E-state index >= 15 is 0 Å². The van der Waals surface area contributed by atoms with Gasteiger partial charge in [-0.25, -0.2) is 13.4 Å². The Kier molecular flexibility index (Phi) is 2.61. The maximum Gasteiger partial charge on any atom is 0.261 e. The highest BCUT2D eigenvalue weighted by molar-refractivity contribution is 8.13. The van der Waals surface area contributed by atoms with Gasteiger partial charge in [-0.1, -0.05) is 11.6 Å². The summed E-state index contributed by atoms with van der Waals surface area (Å²) in [5.74, 6) is 0. The monoisotopic (exact) mass is 225 g/mol. The molecule has 0 fully saturated rings. The molecule has 1 rings (SSSR count). The number of hydrogen-bond donors (Lipinski definition) is 0. The second-order valence-corrected chi connectivity index (χ2v) is 5.13. The zero-order valence-electron chi connectivity index (χ0n) is 6.08. The second-order valence-electron chi connectivity index (χ2n) is 2.21. The minimum absolute atomic E-state index is 0.00386. The van der Waals surface area contributed by atoms with Crippen LogP contribution in [0, 0.1) is 6.92 Å². The van der Waals surface area contributed by atoms with Gasteiger partial charge in [0.15, 0.2) is 0 Å². The molecule has 0 aliphatic carbocycles. The average molecular weight is 226 g/mol. The van der Waals surface area contributed by atoms with E-state index in [2.05, 4.69) is 4.98 Å². The van der Waals surface area contributed by atoms with Gasteiger partial charge in [-0.2, -0.15) is 0 Å². The molecule has 0 amide bonds. The number of aromatic nitrogens is 1. The summed E-state index contributed by atoms with van der Waals surface area (Å²) in [5, 5.41) is 0.111. The largest absolute Gasteiger partial charge is 0.261 e. The highest BCUT2D eigenvalue weighted by atomic mass is 35.7. The lowest BCUT2D eigenvalue weighted by Gasteiger charge is -1.99. The number of rotatable bonds is 1. The predicted octanol–water partition coefficient (Wildman–Crippen LogP) is 1.97. The third kappa shape index (κ3) is 2.09. The van der Waals surface area contributed by atoms with Crippen LogP contribution in [0.2, 0.25) is 5.15 Å². The standard InChI is InChI=1S/C6H5Cl2NO2S/c1-4-3-9-6(7)2-5(4)12(8,10)11/h2-3H,1H3. The van der Waals surface area contributed by atoms with Crippen molar-refractivity contribution in [3.63, 3.8) is 0 Å². The van der Waals surface area contributed by atoms with Gasteiger partial charge < -0.3 is 0 Å². The van der Waals surface area contributed by atoms with Crippen LogP contribution < -0.4 is 0 Å². The van der Waals surface area contributed by atoms with E-state index in [4.69, 9.17) is 22.3 Å². The number of nitrogens with zero attached hydrogens (tertiary/aromatic N) is 1. The molecule has 1 aromatic heterocycles. The number of aryl methyl sites for hydroxylation is 1.